The number of nitrogens with zero attached hydrogens (tertiary/aromatic N) is 2. The molecule has 1 fully saturated rings. The molecule has 0 spiro atoms. The molecule has 1 aliphatic heterocycles. The Bertz CT molecular complexity index is 338. The molecule has 3 rings (SSSR count). The van der Waals surface area contributed by atoms with Crippen molar-refractivity contribution in [2.75, 3.05) is 0 Å². The Kier molecular flexibility index (Phi) is 1.87. The van der Waals surface area contributed by atoms with Crippen LogP contribution in [0.3, 0.4) is 0 Å². The van der Waals surface area contributed by atoms with E-state index in [-0.39, 0.29) is 0 Å². The number of rotatable bonds is 1. The highest BCUT2D eigenvalue weighted by atomic mass is 15.1. The van der Waals surface area contributed by atoms with E-state index in [0.717, 1.165) is 25.3 Å². The first kappa shape index (κ1) is 8.48. The third-order valence-corrected chi connectivity index (χ3v) is 3.63. The molecule has 2 aliphatic rings. The van der Waals surface area contributed by atoms with Gasteiger partial charge in [-0.25, -0.2) is 4.98 Å². The van der Waals surface area contributed by atoms with Gasteiger partial charge in [0.15, 0.2) is 0 Å². The standard InChI is InChI=1S/C11H17N3/c12-9-4-5-14-10(6-9)7-13-11(14)8-2-1-3-8/h7-9H,1-6,12H2. The van der Waals surface area contributed by atoms with Gasteiger partial charge < -0.3 is 10.3 Å². The summed E-state index contributed by atoms with van der Waals surface area (Å²) in [6.45, 7) is 1.09. The molecule has 1 saturated carbocycles. The summed E-state index contributed by atoms with van der Waals surface area (Å²) in [5.41, 5.74) is 7.29. The van der Waals surface area contributed by atoms with Gasteiger partial charge >= 0.3 is 0 Å². The molecule has 3 nitrogen and oxygen atoms in total. The molecule has 14 heavy (non-hydrogen) atoms. The zero-order chi connectivity index (χ0) is 9.54. The third kappa shape index (κ3) is 1.19. The number of aromatic nitrogens is 2. The van der Waals surface area contributed by atoms with E-state index in [1.807, 2.05) is 6.20 Å². The Morgan fingerprint density at radius 1 is 1.36 bits per heavy atom. The van der Waals surface area contributed by atoms with Gasteiger partial charge in [-0.05, 0) is 19.3 Å². The van der Waals surface area contributed by atoms with Crippen molar-refractivity contribution in [2.45, 2.75) is 50.6 Å². The van der Waals surface area contributed by atoms with Crippen LogP contribution in [-0.2, 0) is 13.0 Å². The van der Waals surface area contributed by atoms with Gasteiger partial charge in [-0.2, -0.15) is 0 Å². The van der Waals surface area contributed by atoms with E-state index >= 15 is 0 Å². The Morgan fingerprint density at radius 2 is 2.21 bits per heavy atom. The van der Waals surface area contributed by atoms with Crippen LogP contribution in [0, 0.1) is 0 Å². The molecule has 1 aromatic rings. The van der Waals surface area contributed by atoms with E-state index in [4.69, 9.17) is 5.73 Å². The van der Waals surface area contributed by atoms with E-state index in [0.29, 0.717) is 6.04 Å². The molecule has 2 heterocycles. The number of hydrogen-bond donors (Lipinski definition) is 1. The number of imidazole rings is 1. The van der Waals surface area contributed by atoms with Crippen molar-refractivity contribution in [3.05, 3.63) is 17.7 Å². The van der Waals surface area contributed by atoms with Crippen molar-refractivity contribution in [2.24, 2.45) is 5.73 Å². The normalized spacial score (nSPS) is 27.1. The van der Waals surface area contributed by atoms with Gasteiger partial charge in [0.05, 0.1) is 0 Å². The summed E-state index contributed by atoms with van der Waals surface area (Å²) in [6.07, 6.45) is 8.22. The molecule has 1 aliphatic carbocycles. The first-order valence-electron chi connectivity index (χ1n) is 5.64. The lowest BCUT2D eigenvalue weighted by molar-refractivity contribution is 0.369. The predicted octanol–water partition coefficient (Wildman–Crippen LogP) is 1.42. The smallest absolute Gasteiger partial charge is 0.111 e. The maximum Gasteiger partial charge on any atom is 0.111 e. The van der Waals surface area contributed by atoms with Crippen molar-refractivity contribution in [1.82, 2.24) is 9.55 Å². The largest absolute Gasteiger partial charge is 0.332 e. The Balaban J connectivity index is 1.91. The van der Waals surface area contributed by atoms with Crippen LogP contribution >= 0.6 is 0 Å². The Morgan fingerprint density at radius 3 is 2.93 bits per heavy atom. The van der Waals surface area contributed by atoms with Gasteiger partial charge in [0, 0.05) is 36.8 Å². The molecule has 1 atom stereocenters. The summed E-state index contributed by atoms with van der Waals surface area (Å²) in [7, 11) is 0. The summed E-state index contributed by atoms with van der Waals surface area (Å²) in [4.78, 5) is 4.56. The van der Waals surface area contributed by atoms with Gasteiger partial charge in [0.2, 0.25) is 0 Å². The first-order chi connectivity index (χ1) is 6.84. The highest BCUT2D eigenvalue weighted by Crippen LogP contribution is 2.36. The summed E-state index contributed by atoms with van der Waals surface area (Å²) in [5, 5.41) is 0. The van der Waals surface area contributed by atoms with Gasteiger partial charge in [0.1, 0.15) is 5.82 Å². The van der Waals surface area contributed by atoms with Gasteiger partial charge in [-0.3, -0.25) is 0 Å². The van der Waals surface area contributed by atoms with Crippen LogP contribution in [0.4, 0.5) is 0 Å². The fourth-order valence-corrected chi connectivity index (χ4v) is 2.51. The van der Waals surface area contributed by atoms with Crippen LogP contribution in [0.5, 0.6) is 0 Å². The van der Waals surface area contributed by atoms with Crippen LogP contribution in [0.25, 0.3) is 0 Å². The van der Waals surface area contributed by atoms with Gasteiger partial charge in [-0.1, -0.05) is 6.42 Å². The lowest BCUT2D eigenvalue weighted by Crippen LogP contribution is -2.31. The monoisotopic (exact) mass is 191 g/mol. The van der Waals surface area contributed by atoms with Crippen molar-refractivity contribution in [3.8, 4) is 0 Å². The summed E-state index contributed by atoms with van der Waals surface area (Å²) in [6, 6.07) is 0.355. The highest BCUT2D eigenvalue weighted by molar-refractivity contribution is 5.14. The minimum absolute atomic E-state index is 0.355. The Labute approximate surface area is 84.3 Å². The zero-order valence-corrected chi connectivity index (χ0v) is 8.45. The van der Waals surface area contributed by atoms with Crippen LogP contribution in [0.1, 0.15) is 43.1 Å². The molecular formula is C11H17N3. The fourth-order valence-electron chi connectivity index (χ4n) is 2.51. The topological polar surface area (TPSA) is 43.8 Å². The Hall–Kier alpha value is -0.830. The third-order valence-electron chi connectivity index (χ3n) is 3.63. The SMILES string of the molecule is NC1CCn2c(cnc2C2CCC2)C1. The highest BCUT2D eigenvalue weighted by Gasteiger charge is 2.27. The van der Waals surface area contributed by atoms with Crippen molar-refractivity contribution in [3.63, 3.8) is 0 Å². The van der Waals surface area contributed by atoms with Crippen LogP contribution in [-0.4, -0.2) is 15.6 Å². The van der Waals surface area contributed by atoms with Crippen LogP contribution < -0.4 is 5.73 Å². The minimum atomic E-state index is 0.355. The average Bonchev–Trinajstić information content (AvgIpc) is 2.45. The first-order valence-corrected chi connectivity index (χ1v) is 5.64. The number of nitrogens with two attached hydrogens (primary N) is 1. The molecule has 1 unspecified atom stereocenters. The zero-order valence-electron chi connectivity index (χ0n) is 8.45. The lowest BCUT2D eigenvalue weighted by Gasteiger charge is -2.28. The molecule has 1 aromatic heterocycles. The lowest BCUT2D eigenvalue weighted by atomic mass is 9.84. The molecule has 0 bridgehead atoms. The number of hydrogen-bond acceptors (Lipinski definition) is 2. The molecule has 76 valence electrons. The maximum atomic E-state index is 5.94. The van der Waals surface area contributed by atoms with E-state index in [9.17, 15) is 0 Å². The quantitative estimate of drug-likeness (QED) is 0.729. The molecule has 0 amide bonds. The van der Waals surface area contributed by atoms with Crippen molar-refractivity contribution in [1.29, 1.82) is 0 Å². The minimum Gasteiger partial charge on any atom is -0.332 e. The second kappa shape index (κ2) is 3.09. The van der Waals surface area contributed by atoms with Crippen LogP contribution in [0.15, 0.2) is 6.20 Å². The van der Waals surface area contributed by atoms with Crippen molar-refractivity contribution >= 4 is 0 Å². The van der Waals surface area contributed by atoms with Crippen LogP contribution in [0.2, 0.25) is 0 Å². The van der Waals surface area contributed by atoms with Crippen molar-refractivity contribution < 1.29 is 0 Å². The van der Waals surface area contributed by atoms with Gasteiger partial charge in [0.25, 0.3) is 0 Å². The molecule has 0 radical (unpaired) electrons. The van der Waals surface area contributed by atoms with E-state index in [1.165, 1.54) is 30.8 Å². The van der Waals surface area contributed by atoms with E-state index in [2.05, 4.69) is 9.55 Å². The predicted molar refractivity (Wildman–Crippen MR) is 55.1 cm³/mol. The summed E-state index contributed by atoms with van der Waals surface area (Å²) in [5.74, 6) is 2.08. The second-order valence-electron chi connectivity index (χ2n) is 4.64. The molecule has 3 heteroatoms. The molecule has 0 aromatic carbocycles. The number of fused-ring (bicyclic) bond motifs is 1. The fraction of sp³-hybridized carbons (Fsp3) is 0.727. The molecule has 2 N–H and O–H groups in total. The average molecular weight is 191 g/mol. The van der Waals surface area contributed by atoms with E-state index in [1.54, 1.807) is 0 Å². The van der Waals surface area contributed by atoms with Gasteiger partial charge in [-0.15, -0.1) is 0 Å². The maximum absolute atomic E-state index is 5.94. The molecule has 0 saturated heterocycles. The molecular weight excluding hydrogens is 174 g/mol. The summed E-state index contributed by atoms with van der Waals surface area (Å²) < 4.78 is 2.41. The summed E-state index contributed by atoms with van der Waals surface area (Å²) >= 11 is 0. The second-order valence-corrected chi connectivity index (χ2v) is 4.64. The van der Waals surface area contributed by atoms with E-state index < -0.39 is 0 Å².